The topological polar surface area (TPSA) is 118 Å². The molecule has 0 bridgehead atoms. The summed E-state index contributed by atoms with van der Waals surface area (Å²) >= 11 is 0. The van der Waals surface area contributed by atoms with Gasteiger partial charge in [0.05, 0.1) is 45.4 Å². The summed E-state index contributed by atoms with van der Waals surface area (Å²) in [6, 6.07) is 14.1. The second kappa shape index (κ2) is 8.05. The number of hydrogen-bond donors (Lipinski definition) is 3. The van der Waals surface area contributed by atoms with E-state index < -0.39 is 11.7 Å². The van der Waals surface area contributed by atoms with Crippen molar-refractivity contribution in [2.75, 3.05) is 5.73 Å². The Labute approximate surface area is 207 Å². The van der Waals surface area contributed by atoms with Crippen LogP contribution < -0.4 is 5.73 Å². The van der Waals surface area contributed by atoms with Gasteiger partial charge in [-0.25, -0.2) is 9.67 Å². The van der Waals surface area contributed by atoms with Crippen molar-refractivity contribution < 1.29 is 18.0 Å². The Bertz CT molecular complexity index is 1830. The molecule has 0 radical (unpaired) electrons. The number of aromatic amines is 2. The highest BCUT2D eigenvalue weighted by molar-refractivity contribution is 6.12. The molecule has 0 aliphatic carbocycles. The van der Waals surface area contributed by atoms with Crippen LogP contribution in [-0.4, -0.2) is 35.5 Å². The highest BCUT2D eigenvalue weighted by Crippen LogP contribution is 2.32. The van der Waals surface area contributed by atoms with Crippen LogP contribution in [0.15, 0.2) is 67.0 Å². The number of halogens is 3. The van der Waals surface area contributed by atoms with E-state index in [9.17, 15) is 18.0 Å². The molecule has 4 heterocycles. The summed E-state index contributed by atoms with van der Waals surface area (Å²) in [5.41, 5.74) is 9.54. The first-order valence-electron chi connectivity index (χ1n) is 11.2. The molecule has 0 unspecified atom stereocenters. The maximum absolute atomic E-state index is 13.3. The Morgan fingerprint density at radius 2 is 1.84 bits per heavy atom. The first-order valence-corrected chi connectivity index (χ1v) is 11.2. The molecule has 0 atom stereocenters. The lowest BCUT2D eigenvalue weighted by molar-refractivity contribution is -0.137. The highest BCUT2D eigenvalue weighted by atomic mass is 19.4. The van der Waals surface area contributed by atoms with Gasteiger partial charge in [0.15, 0.2) is 0 Å². The van der Waals surface area contributed by atoms with Gasteiger partial charge >= 0.3 is 6.18 Å². The Balaban J connectivity index is 1.33. The number of fused-ring (bicyclic) bond motifs is 2. The summed E-state index contributed by atoms with van der Waals surface area (Å²) in [6.45, 7) is 1.86. The molecule has 0 aliphatic rings. The van der Waals surface area contributed by atoms with Crippen LogP contribution in [-0.2, 0) is 6.18 Å². The number of pyridine rings is 1. The maximum Gasteiger partial charge on any atom is 0.416 e. The molecule has 0 aliphatic heterocycles. The zero-order valence-corrected chi connectivity index (χ0v) is 19.3. The molecule has 11 heteroatoms. The smallest absolute Gasteiger partial charge is 0.383 e. The predicted molar refractivity (Wildman–Crippen MR) is 132 cm³/mol. The third-order valence-corrected chi connectivity index (χ3v) is 6.13. The van der Waals surface area contributed by atoms with Crippen molar-refractivity contribution in [3.05, 3.63) is 89.6 Å². The standard InChI is InChI=1S/C26H18F3N7O/c1-13-33-19-5-4-17(11-22(19)34-13)36-25(30)18(12-32-36)24(37)23-9-15-3-2-14(8-21(15)35-23)20-10-16(6-7-31-20)26(27,28)29/h2-12,35H,30H2,1H3,(H,33,34). The van der Waals surface area contributed by atoms with Gasteiger partial charge in [-0.2, -0.15) is 18.3 Å². The normalized spacial score (nSPS) is 12.0. The van der Waals surface area contributed by atoms with Gasteiger partial charge in [-0.05, 0) is 49.4 Å². The van der Waals surface area contributed by atoms with Gasteiger partial charge in [0.1, 0.15) is 11.6 Å². The first kappa shape index (κ1) is 22.5. The molecule has 6 aromatic rings. The van der Waals surface area contributed by atoms with Crippen molar-refractivity contribution in [1.29, 1.82) is 0 Å². The Kier molecular flexibility index (Phi) is 4.90. The number of H-pyrrole nitrogens is 2. The van der Waals surface area contributed by atoms with Gasteiger partial charge in [0, 0.05) is 22.7 Å². The van der Waals surface area contributed by atoms with Crippen molar-refractivity contribution in [3.63, 3.8) is 0 Å². The molecule has 0 spiro atoms. The molecule has 4 aromatic heterocycles. The molecule has 0 amide bonds. The number of aryl methyl sites for hydroxylation is 1. The molecule has 8 nitrogen and oxygen atoms in total. The Hall–Kier alpha value is -4.93. The van der Waals surface area contributed by atoms with Crippen LogP contribution in [0.25, 0.3) is 38.9 Å². The van der Waals surface area contributed by atoms with E-state index in [1.54, 1.807) is 24.3 Å². The number of nitrogens with one attached hydrogen (secondary N) is 2. The van der Waals surface area contributed by atoms with E-state index in [0.29, 0.717) is 22.2 Å². The minimum atomic E-state index is -4.47. The van der Waals surface area contributed by atoms with Crippen molar-refractivity contribution in [3.8, 4) is 16.9 Å². The van der Waals surface area contributed by atoms with Crippen LogP contribution in [0.1, 0.15) is 27.4 Å². The van der Waals surface area contributed by atoms with Crippen LogP contribution in [0.3, 0.4) is 0 Å². The number of imidazole rings is 1. The number of nitrogens with zero attached hydrogens (tertiary/aromatic N) is 4. The van der Waals surface area contributed by atoms with Crippen molar-refractivity contribution in [2.45, 2.75) is 13.1 Å². The average molecular weight is 501 g/mol. The third kappa shape index (κ3) is 3.90. The fourth-order valence-corrected chi connectivity index (χ4v) is 4.31. The molecule has 184 valence electrons. The number of ketones is 1. The number of carbonyl (C=O) groups is 1. The molecule has 6 rings (SSSR count). The zero-order chi connectivity index (χ0) is 25.9. The lowest BCUT2D eigenvalue weighted by Crippen LogP contribution is -2.07. The zero-order valence-electron chi connectivity index (χ0n) is 19.3. The van der Waals surface area contributed by atoms with E-state index >= 15 is 0 Å². The minimum Gasteiger partial charge on any atom is -0.383 e. The molecular weight excluding hydrogens is 483 g/mol. The number of hydrogen-bond acceptors (Lipinski definition) is 5. The van der Waals surface area contributed by atoms with Crippen LogP contribution in [0, 0.1) is 6.92 Å². The fraction of sp³-hybridized carbons (Fsp3) is 0.0769. The minimum absolute atomic E-state index is 0.174. The van der Waals surface area contributed by atoms with E-state index in [4.69, 9.17) is 5.73 Å². The SMILES string of the molecule is Cc1nc2ccc(-n3ncc(C(=O)c4cc5ccc(-c6cc(C(F)(F)F)ccn6)cc5[nH]4)c3N)cc2[nH]1. The van der Waals surface area contributed by atoms with Crippen LogP contribution in [0.5, 0.6) is 0 Å². The summed E-state index contributed by atoms with van der Waals surface area (Å²) < 4.78 is 40.8. The molecule has 4 N–H and O–H groups in total. The highest BCUT2D eigenvalue weighted by Gasteiger charge is 2.30. The van der Waals surface area contributed by atoms with Gasteiger partial charge < -0.3 is 15.7 Å². The molecule has 0 fully saturated rings. The van der Waals surface area contributed by atoms with E-state index in [0.717, 1.165) is 35.2 Å². The summed E-state index contributed by atoms with van der Waals surface area (Å²) in [7, 11) is 0. The third-order valence-electron chi connectivity index (χ3n) is 6.13. The van der Waals surface area contributed by atoms with Crippen molar-refractivity contribution in [1.82, 2.24) is 29.7 Å². The summed E-state index contributed by atoms with van der Waals surface area (Å²) in [5.74, 6) is 0.590. The van der Waals surface area contributed by atoms with Gasteiger partial charge in [-0.3, -0.25) is 9.78 Å². The number of carbonyl (C=O) groups excluding carboxylic acids is 1. The molecular formula is C26H18F3N7O. The number of nitrogen functional groups attached to an aromatic ring is 1. The van der Waals surface area contributed by atoms with Gasteiger partial charge in [-0.15, -0.1) is 0 Å². The van der Waals surface area contributed by atoms with E-state index in [1.165, 1.54) is 10.9 Å². The van der Waals surface area contributed by atoms with Gasteiger partial charge in [-0.1, -0.05) is 12.1 Å². The number of aromatic nitrogens is 6. The van der Waals surface area contributed by atoms with Crippen LogP contribution >= 0.6 is 0 Å². The molecule has 2 aromatic carbocycles. The second-order valence-electron chi connectivity index (χ2n) is 8.62. The van der Waals surface area contributed by atoms with E-state index in [-0.39, 0.29) is 28.6 Å². The number of benzene rings is 2. The lowest BCUT2D eigenvalue weighted by Gasteiger charge is -2.08. The summed E-state index contributed by atoms with van der Waals surface area (Å²) in [4.78, 5) is 27.9. The van der Waals surface area contributed by atoms with E-state index in [1.807, 2.05) is 25.1 Å². The monoisotopic (exact) mass is 501 g/mol. The largest absolute Gasteiger partial charge is 0.416 e. The number of nitrogens with two attached hydrogens (primary N) is 1. The van der Waals surface area contributed by atoms with Gasteiger partial charge in [0.2, 0.25) is 5.78 Å². The first-order chi connectivity index (χ1) is 17.7. The molecule has 37 heavy (non-hydrogen) atoms. The van der Waals surface area contributed by atoms with Crippen LogP contribution in [0.4, 0.5) is 19.0 Å². The summed E-state index contributed by atoms with van der Waals surface area (Å²) in [5, 5.41) is 5.02. The van der Waals surface area contributed by atoms with Crippen molar-refractivity contribution in [2.24, 2.45) is 0 Å². The van der Waals surface area contributed by atoms with Crippen LogP contribution in [0.2, 0.25) is 0 Å². The Morgan fingerprint density at radius 3 is 2.65 bits per heavy atom. The number of rotatable bonds is 4. The average Bonchev–Trinajstić information content (AvgIpc) is 3.57. The maximum atomic E-state index is 13.3. The second-order valence-corrected chi connectivity index (χ2v) is 8.62. The van der Waals surface area contributed by atoms with E-state index in [2.05, 4.69) is 25.0 Å². The Morgan fingerprint density at radius 1 is 1.00 bits per heavy atom. The number of anilines is 1. The van der Waals surface area contributed by atoms with Crippen molar-refractivity contribution >= 4 is 33.5 Å². The number of alkyl halides is 3. The lowest BCUT2D eigenvalue weighted by atomic mass is 10.1. The van der Waals surface area contributed by atoms with Gasteiger partial charge in [0.25, 0.3) is 0 Å². The predicted octanol–water partition coefficient (Wildman–Crippen LogP) is 5.43. The molecule has 0 saturated carbocycles. The quantitative estimate of drug-likeness (QED) is 0.278. The molecule has 0 saturated heterocycles. The summed E-state index contributed by atoms with van der Waals surface area (Å²) in [6.07, 6.45) is -1.94. The fourth-order valence-electron chi connectivity index (χ4n) is 4.31.